The second kappa shape index (κ2) is 7.12. The van der Waals surface area contributed by atoms with E-state index in [0.29, 0.717) is 6.04 Å². The van der Waals surface area contributed by atoms with Crippen molar-refractivity contribution in [3.05, 3.63) is 15.6 Å². The number of rotatable bonds is 7. The molecule has 0 aliphatic heterocycles. The molecule has 0 spiro atoms. The van der Waals surface area contributed by atoms with Gasteiger partial charge in [0.15, 0.2) is 0 Å². The summed E-state index contributed by atoms with van der Waals surface area (Å²) in [6.07, 6.45) is 3.65. The first-order chi connectivity index (χ1) is 8.13. The van der Waals surface area contributed by atoms with E-state index in [-0.39, 0.29) is 0 Å². The number of nitrogens with zero attached hydrogens (tertiary/aromatic N) is 1. The Hall–Kier alpha value is -0.410. The lowest BCUT2D eigenvalue weighted by Gasteiger charge is -2.26. The molecular formula is C14H26N2S. The molecule has 1 atom stereocenters. The van der Waals surface area contributed by atoms with Gasteiger partial charge in [-0.05, 0) is 32.7 Å². The Kier molecular flexibility index (Phi) is 6.14. The van der Waals surface area contributed by atoms with Gasteiger partial charge in [-0.2, -0.15) is 0 Å². The summed E-state index contributed by atoms with van der Waals surface area (Å²) < 4.78 is 0. The molecule has 2 nitrogen and oxygen atoms in total. The highest BCUT2D eigenvalue weighted by Crippen LogP contribution is 2.33. The molecule has 0 amide bonds. The Morgan fingerprint density at radius 3 is 2.24 bits per heavy atom. The SMILES string of the molecule is CCCNC(c1sc(C)nc1C)C(CC)CC. The van der Waals surface area contributed by atoms with E-state index in [0.717, 1.165) is 12.5 Å². The standard InChI is InChI=1S/C14H26N2S/c1-6-9-15-13(12(7-2)8-3)14-10(4)16-11(5)17-14/h12-13,15H,6-9H2,1-5H3. The molecule has 0 aliphatic carbocycles. The minimum atomic E-state index is 0.496. The first-order valence-corrected chi connectivity index (χ1v) is 7.62. The van der Waals surface area contributed by atoms with Crippen LogP contribution in [0.5, 0.6) is 0 Å². The lowest BCUT2D eigenvalue weighted by atomic mass is 9.92. The van der Waals surface area contributed by atoms with Crippen LogP contribution in [0, 0.1) is 19.8 Å². The van der Waals surface area contributed by atoms with Crippen molar-refractivity contribution in [2.75, 3.05) is 6.54 Å². The van der Waals surface area contributed by atoms with Crippen LogP contribution in [-0.4, -0.2) is 11.5 Å². The van der Waals surface area contributed by atoms with Gasteiger partial charge in [-0.15, -0.1) is 11.3 Å². The summed E-state index contributed by atoms with van der Waals surface area (Å²) >= 11 is 1.86. The van der Waals surface area contributed by atoms with Gasteiger partial charge in [-0.3, -0.25) is 0 Å². The van der Waals surface area contributed by atoms with Gasteiger partial charge in [0.25, 0.3) is 0 Å². The van der Waals surface area contributed by atoms with Crippen molar-refractivity contribution in [2.45, 2.75) is 59.9 Å². The summed E-state index contributed by atoms with van der Waals surface area (Å²) in [6.45, 7) is 12.1. The Labute approximate surface area is 110 Å². The molecule has 1 aromatic heterocycles. The smallest absolute Gasteiger partial charge is 0.0900 e. The predicted molar refractivity (Wildman–Crippen MR) is 76.7 cm³/mol. The van der Waals surface area contributed by atoms with Gasteiger partial charge in [-0.25, -0.2) is 4.98 Å². The zero-order valence-electron chi connectivity index (χ0n) is 11.8. The summed E-state index contributed by atoms with van der Waals surface area (Å²) in [6, 6.07) is 0.496. The molecule has 3 heteroatoms. The van der Waals surface area contributed by atoms with Crippen LogP contribution in [0.4, 0.5) is 0 Å². The first kappa shape index (κ1) is 14.7. The van der Waals surface area contributed by atoms with Crippen molar-refractivity contribution < 1.29 is 0 Å². The van der Waals surface area contributed by atoms with E-state index < -0.39 is 0 Å². The molecule has 0 saturated carbocycles. The van der Waals surface area contributed by atoms with Crippen molar-refractivity contribution in [1.82, 2.24) is 10.3 Å². The zero-order valence-corrected chi connectivity index (χ0v) is 12.7. The Morgan fingerprint density at radius 1 is 1.18 bits per heavy atom. The topological polar surface area (TPSA) is 24.9 Å². The lowest BCUT2D eigenvalue weighted by molar-refractivity contribution is 0.344. The highest BCUT2D eigenvalue weighted by molar-refractivity contribution is 7.11. The van der Waals surface area contributed by atoms with Gasteiger partial charge < -0.3 is 5.32 Å². The third-order valence-electron chi connectivity index (χ3n) is 3.36. The molecule has 0 fully saturated rings. The normalized spacial score (nSPS) is 13.3. The van der Waals surface area contributed by atoms with Crippen molar-refractivity contribution in [1.29, 1.82) is 0 Å². The summed E-state index contributed by atoms with van der Waals surface area (Å²) in [5, 5.41) is 4.90. The van der Waals surface area contributed by atoms with Crippen molar-refractivity contribution >= 4 is 11.3 Å². The number of thiazole rings is 1. The molecule has 0 aromatic carbocycles. The number of nitrogens with one attached hydrogen (secondary N) is 1. The van der Waals surface area contributed by atoms with Crippen molar-refractivity contribution in [2.24, 2.45) is 5.92 Å². The first-order valence-electron chi connectivity index (χ1n) is 6.81. The summed E-state index contributed by atoms with van der Waals surface area (Å²) in [4.78, 5) is 6.02. The maximum Gasteiger partial charge on any atom is 0.0900 e. The van der Waals surface area contributed by atoms with Crippen LogP contribution in [0.3, 0.4) is 0 Å². The van der Waals surface area contributed by atoms with E-state index in [2.05, 4.69) is 44.9 Å². The van der Waals surface area contributed by atoms with Crippen molar-refractivity contribution in [3.8, 4) is 0 Å². The zero-order chi connectivity index (χ0) is 12.8. The highest BCUT2D eigenvalue weighted by atomic mass is 32.1. The van der Waals surface area contributed by atoms with Crippen LogP contribution < -0.4 is 5.32 Å². The van der Waals surface area contributed by atoms with Crippen LogP contribution in [0.15, 0.2) is 0 Å². The Balaban J connectivity index is 2.92. The largest absolute Gasteiger partial charge is 0.309 e. The fraction of sp³-hybridized carbons (Fsp3) is 0.786. The fourth-order valence-electron chi connectivity index (χ4n) is 2.37. The van der Waals surface area contributed by atoms with E-state index in [9.17, 15) is 0 Å². The maximum absolute atomic E-state index is 4.57. The maximum atomic E-state index is 4.57. The summed E-state index contributed by atoms with van der Waals surface area (Å²) in [5.74, 6) is 0.722. The molecule has 1 rings (SSSR count). The Bertz CT molecular complexity index is 329. The molecule has 0 aliphatic rings. The minimum absolute atomic E-state index is 0.496. The van der Waals surface area contributed by atoms with Crippen LogP contribution in [0.1, 0.15) is 61.7 Å². The molecule has 1 heterocycles. The number of hydrogen-bond donors (Lipinski definition) is 1. The van der Waals surface area contributed by atoms with E-state index >= 15 is 0 Å². The second-order valence-corrected chi connectivity index (χ2v) is 5.93. The molecule has 17 heavy (non-hydrogen) atoms. The van der Waals surface area contributed by atoms with Crippen LogP contribution in [0.25, 0.3) is 0 Å². The molecule has 0 saturated heterocycles. The molecule has 1 unspecified atom stereocenters. The molecule has 1 aromatic rings. The predicted octanol–water partition coefficient (Wildman–Crippen LogP) is 4.24. The minimum Gasteiger partial charge on any atom is -0.309 e. The summed E-state index contributed by atoms with van der Waals surface area (Å²) in [5.41, 5.74) is 1.22. The Morgan fingerprint density at radius 2 is 1.82 bits per heavy atom. The average Bonchev–Trinajstić information content (AvgIpc) is 2.64. The molecular weight excluding hydrogens is 228 g/mol. The van der Waals surface area contributed by atoms with E-state index in [1.165, 1.54) is 34.8 Å². The van der Waals surface area contributed by atoms with Crippen LogP contribution in [0.2, 0.25) is 0 Å². The van der Waals surface area contributed by atoms with Gasteiger partial charge in [0.05, 0.1) is 10.7 Å². The van der Waals surface area contributed by atoms with Gasteiger partial charge in [-0.1, -0.05) is 33.6 Å². The van der Waals surface area contributed by atoms with Gasteiger partial charge in [0.2, 0.25) is 0 Å². The number of aromatic nitrogens is 1. The van der Waals surface area contributed by atoms with Gasteiger partial charge >= 0.3 is 0 Å². The number of aryl methyl sites for hydroxylation is 2. The summed E-state index contributed by atoms with van der Waals surface area (Å²) in [7, 11) is 0. The van der Waals surface area contributed by atoms with Crippen LogP contribution in [-0.2, 0) is 0 Å². The molecule has 0 bridgehead atoms. The molecule has 1 N–H and O–H groups in total. The molecule has 98 valence electrons. The fourth-order valence-corrected chi connectivity index (χ4v) is 3.47. The third-order valence-corrected chi connectivity index (χ3v) is 4.51. The van der Waals surface area contributed by atoms with E-state index in [1.54, 1.807) is 0 Å². The molecule has 0 radical (unpaired) electrons. The van der Waals surface area contributed by atoms with Crippen molar-refractivity contribution in [3.63, 3.8) is 0 Å². The highest BCUT2D eigenvalue weighted by Gasteiger charge is 2.23. The average molecular weight is 254 g/mol. The van der Waals surface area contributed by atoms with Gasteiger partial charge in [0, 0.05) is 10.9 Å². The third kappa shape index (κ3) is 3.78. The second-order valence-electron chi connectivity index (χ2n) is 4.69. The van der Waals surface area contributed by atoms with E-state index in [1.807, 2.05) is 11.3 Å². The number of hydrogen-bond acceptors (Lipinski definition) is 3. The van der Waals surface area contributed by atoms with Gasteiger partial charge in [0.1, 0.15) is 0 Å². The quantitative estimate of drug-likeness (QED) is 0.787. The van der Waals surface area contributed by atoms with E-state index in [4.69, 9.17) is 0 Å². The monoisotopic (exact) mass is 254 g/mol. The van der Waals surface area contributed by atoms with Crippen LogP contribution >= 0.6 is 11.3 Å². The lowest BCUT2D eigenvalue weighted by Crippen LogP contribution is -2.28.